The molecule has 0 aliphatic carbocycles. The fourth-order valence-corrected chi connectivity index (χ4v) is 2.41. The molecule has 0 rings (SSSR count). The van der Waals surface area contributed by atoms with Gasteiger partial charge in [-0.3, -0.25) is 0 Å². The highest BCUT2D eigenvalue weighted by Crippen LogP contribution is 2.11. The smallest absolute Gasteiger partial charge is 0.404 e. The Kier molecular flexibility index (Phi) is 14.9. The molecule has 0 radical (unpaired) electrons. The van der Waals surface area contributed by atoms with E-state index in [9.17, 15) is 9.59 Å². The molecule has 130 valence electrons. The highest BCUT2D eigenvalue weighted by Gasteiger charge is 1.96. The highest BCUT2D eigenvalue weighted by molar-refractivity contribution is 5.64. The summed E-state index contributed by atoms with van der Waals surface area (Å²) in [4.78, 5) is 20.4. The van der Waals surface area contributed by atoms with E-state index in [1.165, 1.54) is 51.4 Å². The molecule has 0 aromatic carbocycles. The maximum Gasteiger partial charge on any atom is 0.404 e. The average Bonchev–Trinajstić information content (AvgIpc) is 2.46. The van der Waals surface area contributed by atoms with Crippen LogP contribution < -0.4 is 10.6 Å². The lowest BCUT2D eigenvalue weighted by atomic mass is 10.1. The Labute approximate surface area is 133 Å². The SMILES string of the molecule is O=C(O)NCCCCCCCCCCCCCCNC(=O)O. The Morgan fingerprint density at radius 3 is 0.955 bits per heavy atom. The number of hydrogen-bond acceptors (Lipinski definition) is 2. The van der Waals surface area contributed by atoms with Crippen LogP contribution in [0.3, 0.4) is 0 Å². The van der Waals surface area contributed by atoms with Gasteiger partial charge in [0.05, 0.1) is 0 Å². The van der Waals surface area contributed by atoms with Gasteiger partial charge in [0.15, 0.2) is 0 Å². The topological polar surface area (TPSA) is 98.7 Å². The zero-order chi connectivity index (χ0) is 16.5. The Morgan fingerprint density at radius 2 is 0.727 bits per heavy atom. The third kappa shape index (κ3) is 18.5. The third-order valence-electron chi connectivity index (χ3n) is 3.66. The molecule has 0 aliphatic heterocycles. The predicted molar refractivity (Wildman–Crippen MR) is 87.5 cm³/mol. The van der Waals surface area contributed by atoms with Crippen LogP contribution in [-0.4, -0.2) is 35.5 Å². The molecule has 6 heteroatoms. The van der Waals surface area contributed by atoms with Crippen LogP contribution in [0.2, 0.25) is 0 Å². The molecule has 0 saturated heterocycles. The summed E-state index contributed by atoms with van der Waals surface area (Å²) in [6, 6.07) is 0. The molecule has 4 N–H and O–H groups in total. The van der Waals surface area contributed by atoms with Crippen molar-refractivity contribution >= 4 is 12.2 Å². The van der Waals surface area contributed by atoms with Gasteiger partial charge in [-0.1, -0.05) is 64.2 Å². The van der Waals surface area contributed by atoms with Crippen LogP contribution in [-0.2, 0) is 0 Å². The van der Waals surface area contributed by atoms with Gasteiger partial charge in [0, 0.05) is 13.1 Å². The van der Waals surface area contributed by atoms with Crippen molar-refractivity contribution in [3.05, 3.63) is 0 Å². The first-order valence-corrected chi connectivity index (χ1v) is 8.56. The van der Waals surface area contributed by atoms with Gasteiger partial charge in [-0.05, 0) is 12.8 Å². The minimum Gasteiger partial charge on any atom is -0.465 e. The summed E-state index contributed by atoms with van der Waals surface area (Å²) in [6.45, 7) is 1.13. The van der Waals surface area contributed by atoms with E-state index in [4.69, 9.17) is 10.2 Å². The van der Waals surface area contributed by atoms with E-state index >= 15 is 0 Å². The molecule has 0 aromatic heterocycles. The lowest BCUT2D eigenvalue weighted by molar-refractivity contribution is 0.193. The number of rotatable bonds is 15. The van der Waals surface area contributed by atoms with Crippen LogP contribution in [0.4, 0.5) is 9.59 Å². The molecule has 0 atom stereocenters. The van der Waals surface area contributed by atoms with Crippen LogP contribution in [0.15, 0.2) is 0 Å². The van der Waals surface area contributed by atoms with Crippen molar-refractivity contribution < 1.29 is 19.8 Å². The van der Waals surface area contributed by atoms with Crippen molar-refractivity contribution in [1.82, 2.24) is 10.6 Å². The minimum absolute atomic E-state index is 0.567. The Bertz CT molecular complexity index is 257. The predicted octanol–water partition coefficient (Wildman–Crippen LogP) is 4.20. The first kappa shape index (κ1) is 20.5. The summed E-state index contributed by atoms with van der Waals surface area (Å²) in [5.74, 6) is 0. The van der Waals surface area contributed by atoms with E-state index in [2.05, 4.69) is 10.6 Å². The summed E-state index contributed by atoms with van der Waals surface area (Å²) in [5, 5.41) is 21.6. The van der Waals surface area contributed by atoms with Gasteiger partial charge >= 0.3 is 12.2 Å². The van der Waals surface area contributed by atoms with Crippen molar-refractivity contribution in [2.24, 2.45) is 0 Å². The molecule has 0 heterocycles. The molecule has 0 aromatic rings. The second kappa shape index (κ2) is 15.9. The zero-order valence-electron chi connectivity index (χ0n) is 13.6. The van der Waals surface area contributed by atoms with Crippen LogP contribution in [0, 0.1) is 0 Å². The van der Waals surface area contributed by atoms with Crippen molar-refractivity contribution in [2.45, 2.75) is 77.0 Å². The van der Waals surface area contributed by atoms with Crippen LogP contribution in [0.5, 0.6) is 0 Å². The van der Waals surface area contributed by atoms with Crippen LogP contribution in [0.1, 0.15) is 77.0 Å². The number of hydrogen-bond donors (Lipinski definition) is 4. The van der Waals surface area contributed by atoms with Gasteiger partial charge in [0.1, 0.15) is 0 Å². The van der Waals surface area contributed by atoms with Crippen LogP contribution >= 0.6 is 0 Å². The van der Waals surface area contributed by atoms with E-state index in [1.807, 2.05) is 0 Å². The summed E-state index contributed by atoms with van der Waals surface area (Å²) in [6.07, 6.45) is 12.2. The molecule has 0 bridgehead atoms. The molecule has 0 aliphatic rings. The van der Waals surface area contributed by atoms with Crippen molar-refractivity contribution in [2.75, 3.05) is 13.1 Å². The first-order valence-electron chi connectivity index (χ1n) is 8.56. The number of carboxylic acid groups (broad SMARTS) is 2. The summed E-state index contributed by atoms with van der Waals surface area (Å²) >= 11 is 0. The molecule has 22 heavy (non-hydrogen) atoms. The van der Waals surface area contributed by atoms with E-state index in [-0.39, 0.29) is 0 Å². The molecular formula is C16H32N2O4. The van der Waals surface area contributed by atoms with Gasteiger partial charge in [-0.25, -0.2) is 9.59 Å². The lowest BCUT2D eigenvalue weighted by Gasteiger charge is -2.04. The van der Waals surface area contributed by atoms with Gasteiger partial charge in [-0.2, -0.15) is 0 Å². The highest BCUT2D eigenvalue weighted by atomic mass is 16.4. The first-order chi connectivity index (χ1) is 10.6. The standard InChI is InChI=1S/C16H32N2O4/c19-15(20)17-13-11-9-7-5-3-1-2-4-6-8-10-12-14-18-16(21)22/h17-18H,1-14H2,(H,19,20)(H,21,22). The van der Waals surface area contributed by atoms with E-state index in [0.29, 0.717) is 13.1 Å². The summed E-state index contributed by atoms with van der Waals surface area (Å²) in [5.41, 5.74) is 0. The summed E-state index contributed by atoms with van der Waals surface area (Å²) < 4.78 is 0. The van der Waals surface area contributed by atoms with Crippen molar-refractivity contribution in [1.29, 1.82) is 0 Å². The molecule has 6 nitrogen and oxygen atoms in total. The zero-order valence-corrected chi connectivity index (χ0v) is 13.6. The van der Waals surface area contributed by atoms with Gasteiger partial charge in [0.2, 0.25) is 0 Å². The van der Waals surface area contributed by atoms with Crippen molar-refractivity contribution in [3.8, 4) is 0 Å². The fourth-order valence-electron chi connectivity index (χ4n) is 2.41. The Balaban J connectivity index is 2.99. The quantitative estimate of drug-likeness (QED) is 0.340. The number of nitrogens with one attached hydrogen (secondary N) is 2. The molecule has 0 saturated carbocycles. The lowest BCUT2D eigenvalue weighted by Crippen LogP contribution is -2.21. The second-order valence-electron chi connectivity index (χ2n) is 5.71. The monoisotopic (exact) mass is 316 g/mol. The molecule has 0 unspecified atom stereocenters. The van der Waals surface area contributed by atoms with E-state index in [0.717, 1.165) is 25.7 Å². The maximum atomic E-state index is 10.2. The van der Waals surface area contributed by atoms with Gasteiger partial charge in [-0.15, -0.1) is 0 Å². The van der Waals surface area contributed by atoms with E-state index in [1.54, 1.807) is 0 Å². The Morgan fingerprint density at radius 1 is 0.500 bits per heavy atom. The number of amides is 2. The Hall–Kier alpha value is -1.46. The van der Waals surface area contributed by atoms with Crippen molar-refractivity contribution in [3.63, 3.8) is 0 Å². The molecular weight excluding hydrogens is 284 g/mol. The normalized spacial score (nSPS) is 10.4. The average molecular weight is 316 g/mol. The van der Waals surface area contributed by atoms with Gasteiger partial charge < -0.3 is 20.8 Å². The second-order valence-corrected chi connectivity index (χ2v) is 5.71. The summed E-state index contributed by atoms with van der Waals surface area (Å²) in [7, 11) is 0. The molecule has 0 fully saturated rings. The molecule has 2 amide bonds. The fraction of sp³-hybridized carbons (Fsp3) is 0.875. The molecule has 0 spiro atoms. The van der Waals surface area contributed by atoms with E-state index < -0.39 is 12.2 Å². The maximum absolute atomic E-state index is 10.2. The third-order valence-corrected chi connectivity index (χ3v) is 3.66. The number of carbonyl (C=O) groups is 2. The van der Waals surface area contributed by atoms with Crippen LogP contribution in [0.25, 0.3) is 0 Å². The largest absolute Gasteiger partial charge is 0.465 e. The van der Waals surface area contributed by atoms with Gasteiger partial charge in [0.25, 0.3) is 0 Å². The number of unbranched alkanes of at least 4 members (excludes halogenated alkanes) is 11. The minimum atomic E-state index is -0.932.